The van der Waals surface area contributed by atoms with Gasteiger partial charge in [-0.25, -0.2) is 15.0 Å². The number of hydrogen-bond acceptors (Lipinski definition) is 7. The van der Waals surface area contributed by atoms with Gasteiger partial charge in [-0.3, -0.25) is 4.98 Å². The Morgan fingerprint density at radius 3 is 2.60 bits per heavy atom. The average Bonchev–Trinajstić information content (AvgIpc) is 2.77. The minimum Gasteiger partial charge on any atom is -0.382 e. The smallest absolute Gasteiger partial charge is 0.163 e. The Hall–Kier alpha value is -3.47. The molecule has 0 radical (unpaired) electrons. The van der Waals surface area contributed by atoms with Crippen molar-refractivity contribution in [2.45, 2.75) is 0 Å². The summed E-state index contributed by atoms with van der Waals surface area (Å²) >= 11 is 12.4. The van der Waals surface area contributed by atoms with Crippen LogP contribution in [0.1, 0.15) is 5.69 Å². The molecular formula is C21H15Cl2N7. The first-order valence-electron chi connectivity index (χ1n) is 9.05. The summed E-state index contributed by atoms with van der Waals surface area (Å²) in [6, 6.07) is 12.6. The summed E-state index contributed by atoms with van der Waals surface area (Å²) in [5.41, 5.74) is 2.62. The molecule has 0 saturated heterocycles. The quantitative estimate of drug-likeness (QED) is 0.419. The standard InChI is InChI=1S/C21H15Cl2N7/c22-13-1-4-16(18(23)9-13)21-29-19-12-25-6-5-17(19)20(30-21)27-8-7-26-15-3-2-14(10-24)28-11-15/h1-6,9,11-12,26H,7-8H2,(H,27,29,30). The topological polar surface area (TPSA) is 99.4 Å². The molecule has 0 fully saturated rings. The summed E-state index contributed by atoms with van der Waals surface area (Å²) in [5.74, 6) is 1.17. The van der Waals surface area contributed by atoms with Crippen LogP contribution in [0.3, 0.4) is 0 Å². The van der Waals surface area contributed by atoms with Crippen LogP contribution < -0.4 is 10.6 Å². The number of hydrogen-bond donors (Lipinski definition) is 2. The number of halogens is 2. The van der Waals surface area contributed by atoms with E-state index in [1.165, 1.54) is 0 Å². The molecule has 148 valence electrons. The lowest BCUT2D eigenvalue weighted by Crippen LogP contribution is -2.15. The van der Waals surface area contributed by atoms with Crippen LogP contribution in [-0.2, 0) is 0 Å². The van der Waals surface area contributed by atoms with Gasteiger partial charge in [-0.15, -0.1) is 0 Å². The highest BCUT2D eigenvalue weighted by molar-refractivity contribution is 6.36. The number of aromatic nitrogens is 4. The van der Waals surface area contributed by atoms with Gasteiger partial charge in [0.15, 0.2) is 5.82 Å². The first kappa shape index (κ1) is 19.8. The number of nitrogens with one attached hydrogen (secondary N) is 2. The van der Waals surface area contributed by atoms with Crippen molar-refractivity contribution in [3.05, 3.63) is 70.7 Å². The Morgan fingerprint density at radius 1 is 0.967 bits per heavy atom. The predicted molar refractivity (Wildman–Crippen MR) is 119 cm³/mol. The number of rotatable bonds is 6. The van der Waals surface area contributed by atoms with Gasteiger partial charge in [-0.1, -0.05) is 23.2 Å². The predicted octanol–water partition coefficient (Wildman–Crippen LogP) is 4.79. The van der Waals surface area contributed by atoms with Gasteiger partial charge in [0.2, 0.25) is 0 Å². The Bertz CT molecular complexity index is 1240. The van der Waals surface area contributed by atoms with E-state index in [1.54, 1.807) is 42.9 Å². The highest BCUT2D eigenvalue weighted by Crippen LogP contribution is 2.30. The molecule has 4 aromatic rings. The van der Waals surface area contributed by atoms with Crippen LogP contribution in [-0.4, -0.2) is 33.0 Å². The fraction of sp³-hybridized carbons (Fsp3) is 0.0952. The largest absolute Gasteiger partial charge is 0.382 e. The molecule has 0 spiro atoms. The number of anilines is 2. The molecule has 1 aromatic carbocycles. The molecule has 7 nitrogen and oxygen atoms in total. The third-order valence-corrected chi connectivity index (χ3v) is 4.84. The van der Waals surface area contributed by atoms with Crippen LogP contribution in [0.25, 0.3) is 22.3 Å². The van der Waals surface area contributed by atoms with E-state index in [0.717, 1.165) is 11.1 Å². The van der Waals surface area contributed by atoms with Gasteiger partial charge in [0.25, 0.3) is 0 Å². The summed E-state index contributed by atoms with van der Waals surface area (Å²) in [7, 11) is 0. The molecule has 0 unspecified atom stereocenters. The second-order valence-corrected chi connectivity index (χ2v) is 7.15. The molecule has 0 saturated carbocycles. The second kappa shape index (κ2) is 8.91. The lowest BCUT2D eigenvalue weighted by molar-refractivity contribution is 1.05. The van der Waals surface area contributed by atoms with E-state index in [-0.39, 0.29) is 0 Å². The highest BCUT2D eigenvalue weighted by Gasteiger charge is 2.12. The Morgan fingerprint density at radius 2 is 1.83 bits per heavy atom. The van der Waals surface area contributed by atoms with Crippen LogP contribution in [0, 0.1) is 11.3 Å². The number of benzene rings is 1. The zero-order valence-electron chi connectivity index (χ0n) is 15.6. The van der Waals surface area contributed by atoms with E-state index in [1.807, 2.05) is 18.2 Å². The minimum absolute atomic E-state index is 0.383. The molecule has 3 aromatic heterocycles. The molecule has 2 N–H and O–H groups in total. The van der Waals surface area contributed by atoms with Gasteiger partial charge in [0, 0.05) is 35.3 Å². The molecule has 9 heteroatoms. The fourth-order valence-electron chi connectivity index (χ4n) is 2.86. The van der Waals surface area contributed by atoms with Gasteiger partial charge in [0.1, 0.15) is 17.6 Å². The van der Waals surface area contributed by atoms with Crippen LogP contribution in [0.4, 0.5) is 11.5 Å². The maximum atomic E-state index is 8.82. The zero-order chi connectivity index (χ0) is 20.9. The zero-order valence-corrected chi connectivity index (χ0v) is 17.1. The first-order chi connectivity index (χ1) is 14.6. The lowest BCUT2D eigenvalue weighted by atomic mass is 10.2. The van der Waals surface area contributed by atoms with Crippen molar-refractivity contribution in [1.29, 1.82) is 5.26 Å². The maximum absolute atomic E-state index is 8.82. The molecule has 0 amide bonds. The fourth-order valence-corrected chi connectivity index (χ4v) is 3.35. The summed E-state index contributed by atoms with van der Waals surface area (Å²) in [6.07, 6.45) is 5.02. The van der Waals surface area contributed by atoms with Crippen molar-refractivity contribution in [3.63, 3.8) is 0 Å². The van der Waals surface area contributed by atoms with E-state index in [4.69, 9.17) is 28.5 Å². The number of nitrogens with zero attached hydrogens (tertiary/aromatic N) is 5. The molecule has 0 aliphatic carbocycles. The molecular weight excluding hydrogens is 421 g/mol. The van der Waals surface area contributed by atoms with E-state index < -0.39 is 0 Å². The molecule has 3 heterocycles. The van der Waals surface area contributed by atoms with E-state index in [0.29, 0.717) is 51.6 Å². The summed E-state index contributed by atoms with van der Waals surface area (Å²) < 4.78 is 0. The first-order valence-corrected chi connectivity index (χ1v) is 9.81. The molecule has 0 aliphatic heterocycles. The van der Waals surface area contributed by atoms with Crippen molar-refractivity contribution in [2.24, 2.45) is 0 Å². The summed E-state index contributed by atoms with van der Waals surface area (Å²) in [6.45, 7) is 1.23. The van der Waals surface area contributed by atoms with Crippen LogP contribution in [0.2, 0.25) is 10.0 Å². The molecule has 0 atom stereocenters. The third-order valence-electron chi connectivity index (χ3n) is 4.30. The van der Waals surface area contributed by atoms with E-state index >= 15 is 0 Å². The Labute approximate surface area is 182 Å². The van der Waals surface area contributed by atoms with Crippen molar-refractivity contribution >= 4 is 45.6 Å². The molecule has 4 rings (SSSR count). The third kappa shape index (κ3) is 4.40. The summed E-state index contributed by atoms with van der Waals surface area (Å²) in [4.78, 5) is 17.5. The van der Waals surface area contributed by atoms with Crippen LogP contribution in [0.15, 0.2) is 55.0 Å². The van der Waals surface area contributed by atoms with Gasteiger partial charge in [-0.05, 0) is 36.4 Å². The minimum atomic E-state index is 0.383. The number of pyridine rings is 2. The second-order valence-electron chi connectivity index (χ2n) is 6.31. The number of fused-ring (bicyclic) bond motifs is 1. The van der Waals surface area contributed by atoms with Crippen molar-refractivity contribution in [2.75, 3.05) is 23.7 Å². The van der Waals surface area contributed by atoms with Crippen LogP contribution in [0.5, 0.6) is 0 Å². The number of nitriles is 1. The Kier molecular flexibility index (Phi) is 5.89. The molecule has 0 aliphatic rings. The molecule has 0 bridgehead atoms. The van der Waals surface area contributed by atoms with E-state index in [9.17, 15) is 0 Å². The van der Waals surface area contributed by atoms with Gasteiger partial charge in [-0.2, -0.15) is 5.26 Å². The maximum Gasteiger partial charge on any atom is 0.163 e. The van der Waals surface area contributed by atoms with Crippen LogP contribution >= 0.6 is 23.2 Å². The van der Waals surface area contributed by atoms with Gasteiger partial charge in [0.05, 0.1) is 28.6 Å². The highest BCUT2D eigenvalue weighted by atomic mass is 35.5. The van der Waals surface area contributed by atoms with Crippen molar-refractivity contribution in [3.8, 4) is 17.5 Å². The van der Waals surface area contributed by atoms with Crippen molar-refractivity contribution < 1.29 is 0 Å². The monoisotopic (exact) mass is 435 g/mol. The molecule has 30 heavy (non-hydrogen) atoms. The average molecular weight is 436 g/mol. The van der Waals surface area contributed by atoms with Gasteiger partial charge < -0.3 is 10.6 Å². The van der Waals surface area contributed by atoms with Gasteiger partial charge >= 0.3 is 0 Å². The van der Waals surface area contributed by atoms with E-state index in [2.05, 4.69) is 30.6 Å². The Balaban J connectivity index is 1.54. The lowest BCUT2D eigenvalue weighted by Gasteiger charge is -2.12. The summed E-state index contributed by atoms with van der Waals surface area (Å²) in [5, 5.41) is 17.3. The normalized spacial score (nSPS) is 10.6. The van der Waals surface area contributed by atoms with Crippen molar-refractivity contribution in [1.82, 2.24) is 19.9 Å². The SMILES string of the molecule is N#Cc1ccc(NCCNc2nc(-c3ccc(Cl)cc3Cl)nc3cnccc23)cn1.